The van der Waals surface area contributed by atoms with Gasteiger partial charge in [-0.1, -0.05) is 6.07 Å². The summed E-state index contributed by atoms with van der Waals surface area (Å²) < 4.78 is 26.2. The van der Waals surface area contributed by atoms with Crippen LogP contribution in [-0.2, 0) is 14.8 Å². The number of carboxylic acid groups (broad SMARTS) is 1. The zero-order chi connectivity index (χ0) is 15.0. The largest absolute Gasteiger partial charge is 0.480 e. The van der Waals surface area contributed by atoms with E-state index in [1.807, 2.05) is 6.92 Å². The maximum absolute atomic E-state index is 12.4. The van der Waals surface area contributed by atoms with Crippen LogP contribution < -0.4 is 0 Å². The van der Waals surface area contributed by atoms with Gasteiger partial charge in [0.25, 0.3) is 0 Å². The van der Waals surface area contributed by atoms with Crippen molar-refractivity contribution in [3.63, 3.8) is 0 Å². The van der Waals surface area contributed by atoms with Crippen molar-refractivity contribution in [2.45, 2.75) is 31.2 Å². The lowest BCUT2D eigenvalue weighted by molar-refractivity contribution is -0.145. The maximum Gasteiger partial charge on any atom is 0.324 e. The quantitative estimate of drug-likeness (QED) is 0.904. The van der Waals surface area contributed by atoms with Crippen molar-refractivity contribution in [1.82, 2.24) is 4.31 Å². The Morgan fingerprint density at radius 3 is 2.32 bits per heavy atom. The molecule has 0 aromatic heterocycles. The molecule has 1 rings (SSSR count). The minimum absolute atomic E-state index is 0.0509. The van der Waals surface area contributed by atoms with Gasteiger partial charge in [0.1, 0.15) is 5.54 Å². The monoisotopic (exact) mass is 349 g/mol. The third-order valence-electron chi connectivity index (χ3n) is 3.04. The first-order valence-corrected chi connectivity index (χ1v) is 7.73. The van der Waals surface area contributed by atoms with E-state index in [0.717, 1.165) is 9.87 Å². The molecule has 19 heavy (non-hydrogen) atoms. The molecular weight excluding hydrogens is 334 g/mol. The lowest BCUT2D eigenvalue weighted by Crippen LogP contribution is -2.50. The Hall–Kier alpha value is -0.920. The predicted octanol–water partition coefficient (Wildman–Crippen LogP) is 2.24. The molecule has 0 bridgehead atoms. The number of hydrogen-bond acceptors (Lipinski definition) is 3. The number of benzene rings is 1. The van der Waals surface area contributed by atoms with Crippen molar-refractivity contribution < 1.29 is 18.3 Å². The van der Waals surface area contributed by atoms with Crippen molar-refractivity contribution in [3.8, 4) is 0 Å². The predicted molar refractivity (Wildman–Crippen MR) is 75.5 cm³/mol. The normalized spacial score (nSPS) is 12.7. The third kappa shape index (κ3) is 2.98. The minimum atomic E-state index is -3.88. The molecule has 0 heterocycles. The topological polar surface area (TPSA) is 74.7 Å². The first-order valence-electron chi connectivity index (χ1n) is 5.50. The van der Waals surface area contributed by atoms with Crippen LogP contribution in [0.5, 0.6) is 0 Å². The van der Waals surface area contributed by atoms with E-state index in [9.17, 15) is 13.2 Å². The molecule has 106 valence electrons. The first kappa shape index (κ1) is 16.1. The molecule has 7 heteroatoms. The van der Waals surface area contributed by atoms with E-state index in [-0.39, 0.29) is 4.90 Å². The molecule has 1 aromatic carbocycles. The van der Waals surface area contributed by atoms with Crippen molar-refractivity contribution in [1.29, 1.82) is 0 Å². The van der Waals surface area contributed by atoms with Gasteiger partial charge in [0.2, 0.25) is 10.0 Å². The first-order chi connectivity index (χ1) is 8.51. The maximum atomic E-state index is 12.4. The number of carbonyl (C=O) groups is 1. The number of rotatable bonds is 4. The Kier molecular flexibility index (Phi) is 4.44. The molecule has 0 aliphatic carbocycles. The van der Waals surface area contributed by atoms with E-state index in [2.05, 4.69) is 15.9 Å². The molecule has 0 amide bonds. The van der Waals surface area contributed by atoms with Crippen LogP contribution in [0, 0.1) is 6.92 Å². The van der Waals surface area contributed by atoms with Gasteiger partial charge in [-0.05, 0) is 54.4 Å². The fourth-order valence-corrected chi connectivity index (χ4v) is 4.02. The summed E-state index contributed by atoms with van der Waals surface area (Å²) in [6, 6.07) is 4.80. The van der Waals surface area contributed by atoms with Gasteiger partial charge in [0, 0.05) is 11.5 Å². The van der Waals surface area contributed by atoms with E-state index in [0.29, 0.717) is 4.47 Å². The highest BCUT2D eigenvalue weighted by molar-refractivity contribution is 9.10. The summed E-state index contributed by atoms with van der Waals surface area (Å²) in [5.41, 5.74) is -0.616. The van der Waals surface area contributed by atoms with Crippen molar-refractivity contribution in [3.05, 3.63) is 28.2 Å². The fraction of sp³-hybridized carbons (Fsp3) is 0.417. The SMILES string of the molecule is Cc1ccc(S(=O)(=O)N(C)C(C)(C)C(=O)O)c(Br)c1. The third-order valence-corrected chi connectivity index (χ3v) is 6.04. The molecule has 0 saturated carbocycles. The van der Waals surface area contributed by atoms with Crippen LogP contribution >= 0.6 is 15.9 Å². The second-order valence-electron chi connectivity index (χ2n) is 4.77. The molecular formula is C12H16BrNO4S. The van der Waals surface area contributed by atoms with Crippen molar-refractivity contribution in [2.75, 3.05) is 7.05 Å². The minimum Gasteiger partial charge on any atom is -0.480 e. The number of carboxylic acids is 1. The fourth-order valence-electron chi connectivity index (χ4n) is 1.40. The van der Waals surface area contributed by atoms with Gasteiger partial charge >= 0.3 is 5.97 Å². The summed E-state index contributed by atoms with van der Waals surface area (Å²) in [4.78, 5) is 11.2. The second kappa shape index (κ2) is 5.22. The highest BCUT2D eigenvalue weighted by Gasteiger charge is 2.40. The van der Waals surface area contributed by atoms with Crippen LogP contribution in [0.3, 0.4) is 0 Å². The highest BCUT2D eigenvalue weighted by atomic mass is 79.9. The van der Waals surface area contributed by atoms with Gasteiger partial charge in [0.15, 0.2) is 0 Å². The average molecular weight is 350 g/mol. The van der Waals surface area contributed by atoms with Gasteiger partial charge in [0.05, 0.1) is 4.90 Å². The molecule has 1 aromatic rings. The standard InChI is InChI=1S/C12H16BrNO4S/c1-8-5-6-10(9(13)7-8)19(17,18)14(4)12(2,3)11(15)16/h5-7H,1-4H3,(H,15,16). The molecule has 1 N–H and O–H groups in total. The van der Waals surface area contributed by atoms with Crippen LogP contribution in [0.1, 0.15) is 19.4 Å². The van der Waals surface area contributed by atoms with Crippen LogP contribution in [0.25, 0.3) is 0 Å². The number of aryl methyl sites for hydroxylation is 1. The van der Waals surface area contributed by atoms with Gasteiger partial charge in [-0.2, -0.15) is 4.31 Å². The molecule has 0 atom stereocenters. The summed E-state index contributed by atoms with van der Waals surface area (Å²) in [6.45, 7) is 4.52. The molecule has 0 unspecified atom stereocenters. The summed E-state index contributed by atoms with van der Waals surface area (Å²) >= 11 is 3.20. The molecule has 0 radical (unpaired) electrons. The summed E-state index contributed by atoms with van der Waals surface area (Å²) in [5, 5.41) is 9.12. The lowest BCUT2D eigenvalue weighted by atomic mass is 10.1. The van der Waals surface area contributed by atoms with E-state index in [4.69, 9.17) is 5.11 Å². The van der Waals surface area contributed by atoms with Crippen molar-refractivity contribution in [2.24, 2.45) is 0 Å². The van der Waals surface area contributed by atoms with Gasteiger partial charge in [-0.3, -0.25) is 4.79 Å². The van der Waals surface area contributed by atoms with Crippen LogP contribution in [0.4, 0.5) is 0 Å². The molecule has 0 fully saturated rings. The van der Waals surface area contributed by atoms with E-state index < -0.39 is 21.5 Å². The average Bonchev–Trinajstić information content (AvgIpc) is 2.27. The zero-order valence-electron chi connectivity index (χ0n) is 11.1. The smallest absolute Gasteiger partial charge is 0.324 e. The van der Waals surface area contributed by atoms with Gasteiger partial charge in [-0.15, -0.1) is 0 Å². The Balaban J connectivity index is 3.36. The number of halogens is 1. The molecule has 0 saturated heterocycles. The lowest BCUT2D eigenvalue weighted by Gasteiger charge is -2.30. The van der Waals surface area contributed by atoms with Crippen LogP contribution in [-0.4, -0.2) is 36.4 Å². The molecule has 5 nitrogen and oxygen atoms in total. The Labute approximate surface area is 121 Å². The molecule has 0 aliphatic rings. The van der Waals surface area contributed by atoms with E-state index >= 15 is 0 Å². The number of hydrogen-bond donors (Lipinski definition) is 1. The number of likely N-dealkylation sites (N-methyl/N-ethyl adjacent to an activating group) is 1. The van der Waals surface area contributed by atoms with Gasteiger partial charge < -0.3 is 5.11 Å². The Morgan fingerprint density at radius 2 is 1.89 bits per heavy atom. The second-order valence-corrected chi connectivity index (χ2v) is 7.56. The van der Waals surface area contributed by atoms with E-state index in [1.54, 1.807) is 12.1 Å². The van der Waals surface area contributed by atoms with E-state index in [1.165, 1.54) is 27.0 Å². The van der Waals surface area contributed by atoms with Gasteiger partial charge in [-0.25, -0.2) is 8.42 Å². The summed E-state index contributed by atoms with van der Waals surface area (Å²) in [6.07, 6.45) is 0. The number of sulfonamides is 1. The Morgan fingerprint density at radius 1 is 1.37 bits per heavy atom. The number of aliphatic carboxylic acids is 1. The number of nitrogens with zero attached hydrogens (tertiary/aromatic N) is 1. The van der Waals surface area contributed by atoms with Crippen LogP contribution in [0.15, 0.2) is 27.6 Å². The molecule has 0 aliphatic heterocycles. The molecule has 0 spiro atoms. The summed E-state index contributed by atoms with van der Waals surface area (Å²) in [5.74, 6) is -1.21. The summed E-state index contributed by atoms with van der Waals surface area (Å²) in [7, 11) is -2.62. The van der Waals surface area contributed by atoms with Crippen molar-refractivity contribution >= 4 is 31.9 Å². The Bertz CT molecular complexity index is 610. The van der Waals surface area contributed by atoms with Crippen LogP contribution in [0.2, 0.25) is 0 Å². The highest BCUT2D eigenvalue weighted by Crippen LogP contribution is 2.29. The zero-order valence-corrected chi connectivity index (χ0v) is 13.5.